The summed E-state index contributed by atoms with van der Waals surface area (Å²) < 4.78 is 0. The minimum atomic E-state index is 0.0444. The van der Waals surface area contributed by atoms with E-state index < -0.39 is 0 Å². The molecule has 0 radical (unpaired) electrons. The van der Waals surface area contributed by atoms with Gasteiger partial charge >= 0.3 is 0 Å². The van der Waals surface area contributed by atoms with Gasteiger partial charge in [-0.15, -0.1) is 0 Å². The summed E-state index contributed by atoms with van der Waals surface area (Å²) in [6.07, 6.45) is 14.1. The zero-order valence-corrected chi connectivity index (χ0v) is 9.79. The molecule has 18 heavy (non-hydrogen) atoms. The van der Waals surface area contributed by atoms with Crippen molar-refractivity contribution in [2.45, 2.75) is 12.8 Å². The average molecular weight is 239 g/mol. The third kappa shape index (κ3) is 1.21. The van der Waals surface area contributed by atoms with Crippen molar-refractivity contribution in [1.82, 2.24) is 10.7 Å². The fourth-order valence-corrected chi connectivity index (χ4v) is 2.82. The minimum Gasteiger partial charge on any atom is -0.603 e. The van der Waals surface area contributed by atoms with Gasteiger partial charge in [-0.3, -0.25) is 0 Å². The summed E-state index contributed by atoms with van der Waals surface area (Å²) in [4.78, 5) is 0. The van der Waals surface area contributed by atoms with Gasteiger partial charge in [-0.05, 0) is 6.42 Å². The topological polar surface area (TPSA) is 51.6 Å². The van der Waals surface area contributed by atoms with E-state index in [9.17, 15) is 5.21 Å². The molecule has 0 fully saturated rings. The highest BCUT2D eigenvalue weighted by molar-refractivity contribution is 5.64. The molecule has 0 bridgehead atoms. The van der Waals surface area contributed by atoms with E-state index in [-0.39, 0.29) is 5.17 Å². The van der Waals surface area contributed by atoms with Gasteiger partial charge in [-0.2, -0.15) is 0 Å². The van der Waals surface area contributed by atoms with Crippen molar-refractivity contribution < 1.29 is 5.17 Å². The summed E-state index contributed by atoms with van der Waals surface area (Å²) in [5.41, 5.74) is 9.18. The number of hydroxylamine groups is 1. The molecule has 0 spiro atoms. The molecule has 0 aromatic rings. The lowest BCUT2D eigenvalue weighted by Gasteiger charge is -2.20. The minimum absolute atomic E-state index is 0.0444. The molecule has 3 N–H and O–H groups in total. The van der Waals surface area contributed by atoms with Crippen LogP contribution < -0.4 is 15.9 Å². The molecule has 1 atom stereocenters. The largest absolute Gasteiger partial charge is 0.603 e. The van der Waals surface area contributed by atoms with Crippen molar-refractivity contribution in [1.29, 1.82) is 0 Å². The summed E-state index contributed by atoms with van der Waals surface area (Å²) in [5.74, 6) is 0. The van der Waals surface area contributed by atoms with Gasteiger partial charge in [0.2, 0.25) is 0 Å². The van der Waals surface area contributed by atoms with Crippen LogP contribution in [0.25, 0.3) is 0 Å². The lowest BCUT2D eigenvalue weighted by Crippen LogP contribution is -3.10. The Morgan fingerprint density at radius 1 is 1.22 bits per heavy atom. The van der Waals surface area contributed by atoms with E-state index in [4.69, 9.17) is 0 Å². The Morgan fingerprint density at radius 3 is 3.11 bits per heavy atom. The smallest absolute Gasteiger partial charge is 0.146 e. The van der Waals surface area contributed by atoms with Crippen molar-refractivity contribution >= 4 is 0 Å². The zero-order valence-electron chi connectivity index (χ0n) is 9.79. The first-order valence-corrected chi connectivity index (χ1v) is 6.14. The van der Waals surface area contributed by atoms with Gasteiger partial charge in [0.1, 0.15) is 11.4 Å². The molecular formula is C14H13N3O. The number of hydrogen-bond donors (Lipinski definition) is 3. The zero-order chi connectivity index (χ0) is 12.1. The quantitative estimate of drug-likeness (QED) is 0.545. The van der Waals surface area contributed by atoms with Crippen LogP contribution in [0.15, 0.2) is 70.4 Å². The SMILES string of the molecule is [O-][NH+]1NC2=C3C=CCC=C3NC=C3C=CCC1=C32. The highest BCUT2D eigenvalue weighted by atomic mass is 16.5. The van der Waals surface area contributed by atoms with Gasteiger partial charge in [-0.1, -0.05) is 30.4 Å². The van der Waals surface area contributed by atoms with Gasteiger partial charge in [0.15, 0.2) is 0 Å². The molecule has 0 aromatic heterocycles. The molecule has 2 aliphatic heterocycles. The van der Waals surface area contributed by atoms with Crippen LogP contribution in [0, 0.1) is 5.21 Å². The second-order valence-corrected chi connectivity index (χ2v) is 4.70. The molecule has 4 aliphatic rings. The molecule has 4 rings (SSSR count). The number of rotatable bonds is 0. The van der Waals surface area contributed by atoms with Crippen LogP contribution in [-0.2, 0) is 0 Å². The van der Waals surface area contributed by atoms with E-state index in [2.05, 4.69) is 35.0 Å². The molecule has 4 nitrogen and oxygen atoms in total. The maximum atomic E-state index is 12.0. The van der Waals surface area contributed by atoms with Crippen molar-refractivity contribution in [3.05, 3.63) is 75.6 Å². The first-order valence-electron chi connectivity index (χ1n) is 6.14. The lowest BCUT2D eigenvalue weighted by atomic mass is 9.93. The Labute approximate surface area is 105 Å². The van der Waals surface area contributed by atoms with Crippen molar-refractivity contribution in [3.63, 3.8) is 0 Å². The van der Waals surface area contributed by atoms with Crippen LogP contribution >= 0.6 is 0 Å². The lowest BCUT2D eigenvalue weighted by molar-refractivity contribution is -0.846. The van der Waals surface area contributed by atoms with Gasteiger partial charge in [0.05, 0.1) is 5.57 Å². The van der Waals surface area contributed by atoms with E-state index in [0.29, 0.717) is 0 Å². The third-order valence-corrected chi connectivity index (χ3v) is 3.66. The van der Waals surface area contributed by atoms with E-state index >= 15 is 0 Å². The molecule has 0 amide bonds. The molecule has 0 saturated heterocycles. The van der Waals surface area contributed by atoms with Crippen LogP contribution in [-0.4, -0.2) is 0 Å². The first-order chi connectivity index (χ1) is 8.84. The summed E-state index contributed by atoms with van der Waals surface area (Å²) >= 11 is 0. The van der Waals surface area contributed by atoms with Gasteiger partial charge in [-0.25, -0.2) is 10.6 Å². The number of hydrogen-bond acceptors (Lipinski definition) is 3. The van der Waals surface area contributed by atoms with E-state index in [1.807, 2.05) is 12.3 Å². The van der Waals surface area contributed by atoms with Crippen molar-refractivity contribution in [3.8, 4) is 0 Å². The van der Waals surface area contributed by atoms with Crippen molar-refractivity contribution in [2.75, 3.05) is 0 Å². The van der Waals surface area contributed by atoms with E-state index in [1.54, 1.807) is 0 Å². The molecule has 4 heteroatoms. The summed E-state index contributed by atoms with van der Waals surface area (Å²) in [6.45, 7) is 0. The molecule has 2 aliphatic carbocycles. The van der Waals surface area contributed by atoms with Gasteiger partial charge < -0.3 is 10.5 Å². The van der Waals surface area contributed by atoms with E-state index in [1.165, 1.54) is 0 Å². The molecule has 90 valence electrons. The van der Waals surface area contributed by atoms with Gasteiger partial charge in [0, 0.05) is 29.5 Å². The highest BCUT2D eigenvalue weighted by Gasteiger charge is 2.34. The first kappa shape index (κ1) is 9.94. The van der Waals surface area contributed by atoms with Crippen LogP contribution in [0.3, 0.4) is 0 Å². The average Bonchev–Trinajstić information content (AvgIpc) is 2.65. The van der Waals surface area contributed by atoms with Crippen molar-refractivity contribution in [2.24, 2.45) is 0 Å². The maximum absolute atomic E-state index is 12.0. The Balaban J connectivity index is 2.00. The molecule has 0 aromatic carbocycles. The molecule has 0 saturated carbocycles. The standard InChI is InChI=1S/C14H13N3O/c18-17-12-7-3-4-9-8-15-11-6-2-1-5-10(11)14(16-17)13(9)12/h1,3-6,8,15-17H,2,7H2. The third-order valence-electron chi connectivity index (χ3n) is 3.66. The second kappa shape index (κ2) is 3.48. The summed E-state index contributed by atoms with van der Waals surface area (Å²) in [5, 5.41) is 15.4. The number of allylic oxidation sites excluding steroid dienone is 6. The fraction of sp³-hybridized carbons (Fsp3) is 0.143. The number of quaternary nitrogens is 1. The van der Waals surface area contributed by atoms with Crippen LogP contribution in [0.5, 0.6) is 0 Å². The Hall–Kier alpha value is -2.04. The monoisotopic (exact) mass is 239 g/mol. The highest BCUT2D eigenvalue weighted by Crippen LogP contribution is 2.35. The predicted molar refractivity (Wildman–Crippen MR) is 68.3 cm³/mol. The maximum Gasteiger partial charge on any atom is 0.146 e. The summed E-state index contributed by atoms with van der Waals surface area (Å²) in [6, 6.07) is 0. The molecular weight excluding hydrogens is 226 g/mol. The molecule has 1 unspecified atom stereocenters. The Morgan fingerprint density at radius 2 is 2.17 bits per heavy atom. The predicted octanol–water partition coefficient (Wildman–Crippen LogP) is 0.686. The van der Waals surface area contributed by atoms with Crippen LogP contribution in [0.1, 0.15) is 12.8 Å². The van der Waals surface area contributed by atoms with Gasteiger partial charge in [0.25, 0.3) is 0 Å². The number of fused-ring (bicyclic) bond motifs is 1. The summed E-state index contributed by atoms with van der Waals surface area (Å²) in [7, 11) is 0. The fourth-order valence-electron chi connectivity index (χ4n) is 2.82. The molecule has 2 heterocycles. The Kier molecular flexibility index (Phi) is 1.92. The second-order valence-electron chi connectivity index (χ2n) is 4.70. The normalized spacial score (nSPS) is 27.9. The Bertz CT molecular complexity index is 617. The van der Waals surface area contributed by atoms with Crippen LogP contribution in [0.4, 0.5) is 0 Å². The number of nitrogens with one attached hydrogen (secondary N) is 3. The van der Waals surface area contributed by atoms with Crippen LogP contribution in [0.2, 0.25) is 0 Å². The van der Waals surface area contributed by atoms with E-state index in [0.717, 1.165) is 46.7 Å².